The molecular formula is C42H62N4O14. The Balaban J connectivity index is 1.56. The van der Waals surface area contributed by atoms with E-state index in [2.05, 4.69) is 21.3 Å². The zero-order chi connectivity index (χ0) is 44.2. The van der Waals surface area contributed by atoms with Crippen LogP contribution in [0.4, 0.5) is 9.59 Å². The van der Waals surface area contributed by atoms with Crippen LogP contribution in [0.5, 0.6) is 0 Å². The van der Waals surface area contributed by atoms with E-state index in [1.807, 2.05) is 12.1 Å². The number of rotatable bonds is 27. The molecule has 0 aromatic heterocycles. The van der Waals surface area contributed by atoms with Crippen molar-refractivity contribution in [2.45, 2.75) is 90.9 Å². The lowest BCUT2D eigenvalue weighted by Crippen LogP contribution is -2.49. The number of nitrogens with one attached hydrogen (secondary N) is 4. The number of carbonyl (C=O) groups is 6. The standard InChI is InChI=1S/C42H62N4O14/c1-41(2,3)59-35(47)27-33(45-39(51)57-29-31-13-9-7-10-14-31)37(49)43-17-19-53-21-23-55-25-26-56-24-22-54-20-18-44-38(50)34(28-36(48)60-42(4,5)6)46-40(52)58-30-32-15-11-8-12-16-32/h7-16,33-34H,17-30H2,1-6H3,(H,43,49)(H,44,50)(H,45,51)(H,46,52)/t33-,34-/m0/s1. The van der Waals surface area contributed by atoms with Gasteiger partial charge in [-0.3, -0.25) is 19.2 Å². The quantitative estimate of drug-likeness (QED) is 0.0576. The van der Waals surface area contributed by atoms with Gasteiger partial charge in [0.05, 0.1) is 65.7 Å². The van der Waals surface area contributed by atoms with Gasteiger partial charge < -0.3 is 59.2 Å². The number of amides is 4. The third-order valence-electron chi connectivity index (χ3n) is 7.43. The van der Waals surface area contributed by atoms with Gasteiger partial charge >= 0.3 is 24.1 Å². The second-order valence-electron chi connectivity index (χ2n) is 15.1. The molecule has 2 aromatic carbocycles. The summed E-state index contributed by atoms with van der Waals surface area (Å²) in [5.74, 6) is -2.51. The third-order valence-corrected chi connectivity index (χ3v) is 7.43. The molecule has 0 fully saturated rings. The number of carbonyl (C=O) groups excluding carboxylic acids is 6. The van der Waals surface area contributed by atoms with Crippen molar-refractivity contribution < 1.29 is 66.7 Å². The average Bonchev–Trinajstić information content (AvgIpc) is 3.17. The summed E-state index contributed by atoms with van der Waals surface area (Å²) in [5.41, 5.74) is -0.0149. The summed E-state index contributed by atoms with van der Waals surface area (Å²) in [5, 5.41) is 10.2. The highest BCUT2D eigenvalue weighted by atomic mass is 16.6. The number of hydrogen-bond donors (Lipinski definition) is 4. The normalized spacial score (nSPS) is 12.3. The van der Waals surface area contributed by atoms with E-state index >= 15 is 0 Å². The van der Waals surface area contributed by atoms with Gasteiger partial charge in [-0.05, 0) is 52.7 Å². The van der Waals surface area contributed by atoms with Gasteiger partial charge in [0.25, 0.3) is 0 Å². The first-order valence-electron chi connectivity index (χ1n) is 19.8. The largest absolute Gasteiger partial charge is 0.460 e. The molecule has 4 amide bonds. The van der Waals surface area contributed by atoms with Crippen LogP contribution in [0.15, 0.2) is 60.7 Å². The molecule has 60 heavy (non-hydrogen) atoms. The lowest BCUT2D eigenvalue weighted by molar-refractivity contribution is -0.157. The smallest absolute Gasteiger partial charge is 0.408 e. The maximum absolute atomic E-state index is 12.9. The van der Waals surface area contributed by atoms with Crippen LogP contribution in [-0.2, 0) is 70.3 Å². The number of alkyl carbamates (subject to hydrolysis) is 2. The molecule has 0 saturated carbocycles. The van der Waals surface area contributed by atoms with Crippen molar-refractivity contribution in [3.63, 3.8) is 0 Å². The van der Waals surface area contributed by atoms with E-state index < -0.39 is 72.1 Å². The van der Waals surface area contributed by atoms with E-state index in [1.54, 1.807) is 90.1 Å². The topological polar surface area (TPSA) is 224 Å². The van der Waals surface area contributed by atoms with Crippen LogP contribution < -0.4 is 21.3 Å². The van der Waals surface area contributed by atoms with Crippen molar-refractivity contribution in [3.8, 4) is 0 Å². The third kappa shape index (κ3) is 25.9. The van der Waals surface area contributed by atoms with Crippen LogP contribution in [-0.4, -0.2) is 125 Å². The van der Waals surface area contributed by atoms with Gasteiger partial charge in [0.1, 0.15) is 36.5 Å². The van der Waals surface area contributed by atoms with Crippen LogP contribution in [0, 0.1) is 0 Å². The molecule has 2 aromatic rings. The SMILES string of the molecule is CC(C)(C)OC(=O)C[C@H](NC(=O)OCc1ccccc1)C(=O)NCCOCCOCCOCCOCCNC(=O)[C@H](CC(=O)OC(C)(C)C)NC(=O)OCc1ccccc1. The summed E-state index contributed by atoms with van der Waals surface area (Å²) in [6, 6.07) is 15.6. The van der Waals surface area contributed by atoms with Crippen molar-refractivity contribution >= 4 is 35.9 Å². The molecule has 0 aliphatic rings. The molecule has 18 nitrogen and oxygen atoms in total. The van der Waals surface area contributed by atoms with E-state index in [0.717, 1.165) is 11.1 Å². The monoisotopic (exact) mass is 846 g/mol. The minimum Gasteiger partial charge on any atom is -0.460 e. The Labute approximate surface area is 352 Å². The fourth-order valence-corrected chi connectivity index (χ4v) is 4.83. The Hall–Kier alpha value is -5.30. The molecule has 0 heterocycles. The highest BCUT2D eigenvalue weighted by Gasteiger charge is 2.29. The van der Waals surface area contributed by atoms with Gasteiger partial charge in [0.2, 0.25) is 11.8 Å². The molecule has 2 atom stereocenters. The number of ether oxygens (including phenoxy) is 8. The van der Waals surface area contributed by atoms with Crippen molar-refractivity contribution in [1.82, 2.24) is 21.3 Å². The maximum Gasteiger partial charge on any atom is 0.408 e. The summed E-state index contributed by atoms with van der Waals surface area (Å²) < 4.78 is 43.0. The van der Waals surface area contributed by atoms with Crippen molar-refractivity contribution in [3.05, 3.63) is 71.8 Å². The van der Waals surface area contributed by atoms with E-state index in [4.69, 9.17) is 37.9 Å². The van der Waals surface area contributed by atoms with Crippen molar-refractivity contribution in [2.24, 2.45) is 0 Å². The van der Waals surface area contributed by atoms with Gasteiger partial charge in [-0.15, -0.1) is 0 Å². The number of esters is 2. The summed E-state index contributed by atoms with van der Waals surface area (Å²) in [7, 11) is 0. The Morgan fingerprint density at radius 2 is 0.800 bits per heavy atom. The van der Waals surface area contributed by atoms with Crippen LogP contribution in [0.3, 0.4) is 0 Å². The van der Waals surface area contributed by atoms with Crippen molar-refractivity contribution in [2.75, 3.05) is 65.9 Å². The molecule has 18 heteroatoms. The fraction of sp³-hybridized carbons (Fsp3) is 0.571. The molecule has 0 radical (unpaired) electrons. The van der Waals surface area contributed by atoms with Crippen LogP contribution in [0.1, 0.15) is 65.5 Å². The lowest BCUT2D eigenvalue weighted by Gasteiger charge is -2.22. The molecule has 0 aliphatic heterocycles. The van der Waals surface area contributed by atoms with Crippen molar-refractivity contribution in [1.29, 1.82) is 0 Å². The average molecular weight is 847 g/mol. The van der Waals surface area contributed by atoms with Gasteiger partial charge in [-0.25, -0.2) is 9.59 Å². The molecule has 0 bridgehead atoms. The first-order chi connectivity index (χ1) is 28.5. The van der Waals surface area contributed by atoms with Crippen LogP contribution >= 0.6 is 0 Å². The first kappa shape index (κ1) is 50.8. The fourth-order valence-electron chi connectivity index (χ4n) is 4.83. The number of benzene rings is 2. The van der Waals surface area contributed by atoms with Gasteiger partial charge in [0, 0.05) is 13.1 Å². The molecule has 4 N–H and O–H groups in total. The van der Waals surface area contributed by atoms with E-state index in [-0.39, 0.29) is 65.9 Å². The van der Waals surface area contributed by atoms with Crippen LogP contribution in [0.2, 0.25) is 0 Å². The Morgan fingerprint density at radius 3 is 1.12 bits per heavy atom. The Kier molecular flexibility index (Phi) is 23.9. The maximum atomic E-state index is 12.9. The predicted octanol–water partition coefficient (Wildman–Crippen LogP) is 3.34. The molecule has 334 valence electrons. The second-order valence-corrected chi connectivity index (χ2v) is 15.1. The molecular weight excluding hydrogens is 784 g/mol. The van der Waals surface area contributed by atoms with Gasteiger partial charge in [-0.2, -0.15) is 0 Å². The van der Waals surface area contributed by atoms with Crippen LogP contribution in [0.25, 0.3) is 0 Å². The van der Waals surface area contributed by atoms with Gasteiger partial charge in [-0.1, -0.05) is 60.7 Å². The molecule has 0 spiro atoms. The van der Waals surface area contributed by atoms with E-state index in [1.165, 1.54) is 0 Å². The lowest BCUT2D eigenvalue weighted by atomic mass is 10.1. The molecule has 0 unspecified atom stereocenters. The van der Waals surface area contributed by atoms with E-state index in [0.29, 0.717) is 13.2 Å². The summed E-state index contributed by atoms with van der Waals surface area (Å²) >= 11 is 0. The van der Waals surface area contributed by atoms with E-state index in [9.17, 15) is 28.8 Å². The Bertz CT molecular complexity index is 1460. The minimum absolute atomic E-state index is 0.00696. The second kappa shape index (κ2) is 28.2. The zero-order valence-electron chi connectivity index (χ0n) is 35.5. The molecule has 0 aliphatic carbocycles. The predicted molar refractivity (Wildman–Crippen MR) is 217 cm³/mol. The number of hydrogen-bond acceptors (Lipinski definition) is 14. The first-order valence-corrected chi connectivity index (χ1v) is 19.8. The molecule has 0 saturated heterocycles. The summed E-state index contributed by atoms with van der Waals surface area (Å²) in [6.07, 6.45) is -2.49. The highest BCUT2D eigenvalue weighted by Crippen LogP contribution is 2.11. The van der Waals surface area contributed by atoms with Gasteiger partial charge in [0.15, 0.2) is 0 Å². The summed E-state index contributed by atoms with van der Waals surface area (Å²) in [6.45, 7) is 12.4. The highest BCUT2D eigenvalue weighted by molar-refractivity contribution is 5.90. The Morgan fingerprint density at radius 1 is 0.483 bits per heavy atom. The summed E-state index contributed by atoms with van der Waals surface area (Å²) in [4.78, 5) is 75.4. The minimum atomic E-state index is -1.22. The molecule has 2 rings (SSSR count). The zero-order valence-corrected chi connectivity index (χ0v) is 35.5.